The monoisotopic (exact) mass is 181 g/mol. The molecule has 0 radical (unpaired) electrons. The van der Waals surface area contributed by atoms with Crippen molar-refractivity contribution in [3.05, 3.63) is 21.9 Å². The Morgan fingerprint density at radius 3 is 3.00 bits per heavy atom. The van der Waals surface area contributed by atoms with Crippen LogP contribution in [0.15, 0.2) is 16.6 Å². The van der Waals surface area contributed by atoms with Gasteiger partial charge in [0.1, 0.15) is 5.71 Å². The van der Waals surface area contributed by atoms with Gasteiger partial charge >= 0.3 is 5.97 Å². The van der Waals surface area contributed by atoms with Crippen molar-refractivity contribution < 1.29 is 9.63 Å². The minimum Gasteiger partial charge on any atom is -0.318 e. The fourth-order valence-electron chi connectivity index (χ4n) is 1.10. The highest BCUT2D eigenvalue weighted by molar-refractivity contribution is 7.12. The zero-order valence-electron chi connectivity index (χ0n) is 6.53. The third-order valence-electron chi connectivity index (χ3n) is 1.69. The van der Waals surface area contributed by atoms with Gasteiger partial charge < -0.3 is 4.84 Å². The molecule has 0 saturated carbocycles. The second kappa shape index (κ2) is 2.71. The van der Waals surface area contributed by atoms with Crippen LogP contribution in [0.5, 0.6) is 0 Å². The second-order valence-electron chi connectivity index (χ2n) is 2.61. The van der Waals surface area contributed by atoms with Gasteiger partial charge in [0, 0.05) is 0 Å². The van der Waals surface area contributed by atoms with Gasteiger partial charge in [-0.05, 0) is 23.9 Å². The van der Waals surface area contributed by atoms with Gasteiger partial charge in [0.2, 0.25) is 0 Å². The first-order valence-electron chi connectivity index (χ1n) is 3.58. The normalized spacial score (nSPS) is 16.1. The van der Waals surface area contributed by atoms with Crippen molar-refractivity contribution in [1.29, 1.82) is 0 Å². The van der Waals surface area contributed by atoms with Gasteiger partial charge in [0.15, 0.2) is 0 Å². The minimum atomic E-state index is -0.266. The van der Waals surface area contributed by atoms with E-state index in [1.165, 1.54) is 0 Å². The quantitative estimate of drug-likeness (QED) is 0.618. The summed E-state index contributed by atoms with van der Waals surface area (Å²) in [7, 11) is 0. The summed E-state index contributed by atoms with van der Waals surface area (Å²) in [6.45, 7) is 2.00. The van der Waals surface area contributed by atoms with Crippen molar-refractivity contribution in [3.8, 4) is 0 Å². The number of nitrogens with zero attached hydrogens (tertiary/aromatic N) is 1. The third-order valence-corrected chi connectivity index (χ3v) is 2.76. The Hall–Kier alpha value is -1.16. The minimum absolute atomic E-state index is 0.266. The first kappa shape index (κ1) is 7.49. The molecule has 0 unspecified atom stereocenters. The molecule has 1 aromatic heterocycles. The van der Waals surface area contributed by atoms with E-state index >= 15 is 0 Å². The highest BCUT2D eigenvalue weighted by Crippen LogP contribution is 2.21. The smallest absolute Gasteiger partial charge is 0.318 e. The van der Waals surface area contributed by atoms with E-state index < -0.39 is 0 Å². The fourth-order valence-corrected chi connectivity index (χ4v) is 2.01. The summed E-state index contributed by atoms with van der Waals surface area (Å²) in [6.07, 6.45) is 0.307. The lowest BCUT2D eigenvalue weighted by Gasteiger charge is -1.92. The van der Waals surface area contributed by atoms with Gasteiger partial charge in [-0.3, -0.25) is 0 Å². The molecular formula is C8H7NO2S. The third kappa shape index (κ3) is 1.14. The van der Waals surface area contributed by atoms with E-state index in [4.69, 9.17) is 0 Å². The molecule has 0 amide bonds. The first-order valence-corrected chi connectivity index (χ1v) is 4.46. The SMILES string of the molecule is Cc1ccsc1C1=NOC(=O)C1. The number of carbonyl (C=O) groups is 1. The van der Waals surface area contributed by atoms with E-state index in [0.29, 0.717) is 6.42 Å². The van der Waals surface area contributed by atoms with Crippen LogP contribution in [0.4, 0.5) is 0 Å². The van der Waals surface area contributed by atoms with Crippen LogP contribution in [-0.2, 0) is 9.63 Å². The molecule has 3 nitrogen and oxygen atoms in total. The maximum Gasteiger partial charge on any atom is 0.341 e. The van der Waals surface area contributed by atoms with Crippen molar-refractivity contribution in [3.63, 3.8) is 0 Å². The zero-order valence-corrected chi connectivity index (χ0v) is 7.35. The van der Waals surface area contributed by atoms with Gasteiger partial charge in [-0.15, -0.1) is 11.3 Å². The second-order valence-corrected chi connectivity index (χ2v) is 3.53. The predicted molar refractivity (Wildman–Crippen MR) is 46.3 cm³/mol. The van der Waals surface area contributed by atoms with Crippen molar-refractivity contribution in [2.45, 2.75) is 13.3 Å². The molecule has 0 N–H and O–H groups in total. The van der Waals surface area contributed by atoms with Crippen molar-refractivity contribution >= 4 is 23.0 Å². The Balaban J connectivity index is 2.33. The summed E-state index contributed by atoms with van der Waals surface area (Å²) in [5.41, 5.74) is 1.91. The van der Waals surface area contributed by atoms with E-state index in [0.717, 1.165) is 16.2 Å². The molecule has 0 atom stereocenters. The van der Waals surface area contributed by atoms with Crippen LogP contribution in [0.2, 0.25) is 0 Å². The highest BCUT2D eigenvalue weighted by atomic mass is 32.1. The van der Waals surface area contributed by atoms with Crippen LogP contribution in [0.3, 0.4) is 0 Å². The molecule has 0 aliphatic carbocycles. The summed E-state index contributed by atoms with van der Waals surface area (Å²) in [5, 5.41) is 5.68. The van der Waals surface area contributed by atoms with Crippen LogP contribution in [0, 0.1) is 6.92 Å². The molecule has 0 fully saturated rings. The van der Waals surface area contributed by atoms with Crippen molar-refractivity contribution in [2.24, 2.45) is 5.16 Å². The summed E-state index contributed by atoms with van der Waals surface area (Å²) in [6, 6.07) is 2.01. The lowest BCUT2D eigenvalue weighted by atomic mass is 10.2. The first-order chi connectivity index (χ1) is 5.77. The standard InChI is InChI=1S/C8H7NO2S/c1-5-2-3-12-8(5)6-4-7(10)11-9-6/h2-3H,4H2,1H3. The maximum absolute atomic E-state index is 10.7. The zero-order chi connectivity index (χ0) is 8.55. The molecule has 1 aromatic rings. The Morgan fingerprint density at radius 2 is 2.50 bits per heavy atom. The molecule has 0 saturated heterocycles. The summed E-state index contributed by atoms with van der Waals surface area (Å²) >= 11 is 1.59. The molecule has 1 aliphatic rings. The van der Waals surface area contributed by atoms with Gasteiger partial charge in [-0.2, -0.15) is 0 Å². The summed E-state index contributed by atoms with van der Waals surface area (Å²) in [4.78, 5) is 16.3. The molecular weight excluding hydrogens is 174 g/mol. The van der Waals surface area contributed by atoms with Gasteiger partial charge in [0.05, 0.1) is 11.3 Å². The molecule has 1 aliphatic heterocycles. The fraction of sp³-hybridized carbons (Fsp3) is 0.250. The number of carbonyl (C=O) groups excluding carboxylic acids is 1. The number of oxime groups is 1. The molecule has 12 heavy (non-hydrogen) atoms. The van der Waals surface area contributed by atoms with E-state index in [9.17, 15) is 4.79 Å². The van der Waals surface area contributed by atoms with Crippen LogP contribution < -0.4 is 0 Å². The Labute approximate surface area is 73.7 Å². The number of hydrogen-bond donors (Lipinski definition) is 0. The number of aryl methyl sites for hydroxylation is 1. The lowest BCUT2D eigenvalue weighted by molar-refractivity contribution is -0.140. The highest BCUT2D eigenvalue weighted by Gasteiger charge is 2.20. The topological polar surface area (TPSA) is 38.7 Å². The molecule has 0 spiro atoms. The van der Waals surface area contributed by atoms with Gasteiger partial charge in [-0.1, -0.05) is 5.16 Å². The van der Waals surface area contributed by atoms with Crippen LogP contribution in [-0.4, -0.2) is 11.7 Å². The largest absolute Gasteiger partial charge is 0.341 e. The molecule has 0 bridgehead atoms. The number of hydrogen-bond acceptors (Lipinski definition) is 4. The number of rotatable bonds is 1. The summed E-state index contributed by atoms with van der Waals surface area (Å²) in [5.74, 6) is -0.266. The molecule has 2 heterocycles. The molecule has 2 rings (SSSR count). The Morgan fingerprint density at radius 1 is 1.67 bits per heavy atom. The van der Waals surface area contributed by atoms with E-state index in [1.807, 2.05) is 18.4 Å². The Bertz CT molecular complexity index is 354. The van der Waals surface area contributed by atoms with Crippen LogP contribution in [0.25, 0.3) is 0 Å². The van der Waals surface area contributed by atoms with Crippen molar-refractivity contribution in [2.75, 3.05) is 0 Å². The van der Waals surface area contributed by atoms with Crippen LogP contribution in [0.1, 0.15) is 16.9 Å². The van der Waals surface area contributed by atoms with Gasteiger partial charge in [0.25, 0.3) is 0 Å². The average Bonchev–Trinajstić information content (AvgIpc) is 2.58. The van der Waals surface area contributed by atoms with Gasteiger partial charge in [-0.25, -0.2) is 4.79 Å². The molecule has 0 aromatic carbocycles. The lowest BCUT2D eigenvalue weighted by Crippen LogP contribution is -1.99. The number of thiophene rings is 1. The van der Waals surface area contributed by atoms with Crippen LogP contribution >= 0.6 is 11.3 Å². The molecule has 4 heteroatoms. The predicted octanol–water partition coefficient (Wildman–Crippen LogP) is 1.71. The summed E-state index contributed by atoms with van der Waals surface area (Å²) < 4.78 is 0. The van der Waals surface area contributed by atoms with E-state index in [1.54, 1.807) is 11.3 Å². The average molecular weight is 181 g/mol. The van der Waals surface area contributed by atoms with Crippen molar-refractivity contribution in [1.82, 2.24) is 0 Å². The maximum atomic E-state index is 10.7. The van der Waals surface area contributed by atoms with E-state index in [-0.39, 0.29) is 5.97 Å². The Kier molecular flexibility index (Phi) is 1.69. The van der Waals surface area contributed by atoms with E-state index in [2.05, 4.69) is 9.99 Å². The molecule has 62 valence electrons.